The summed E-state index contributed by atoms with van der Waals surface area (Å²) in [6, 6.07) is 16.8. The van der Waals surface area contributed by atoms with Gasteiger partial charge in [-0.1, -0.05) is 29.8 Å². The maximum absolute atomic E-state index is 12.4. The Bertz CT molecular complexity index is 587. The molecule has 0 aliphatic rings. The molecule has 0 aliphatic heterocycles. The molecule has 0 aliphatic carbocycles. The number of rotatable bonds is 5. The van der Waals surface area contributed by atoms with Crippen LogP contribution in [0.4, 0.5) is 5.69 Å². The van der Waals surface area contributed by atoms with Crippen LogP contribution in [-0.4, -0.2) is 16.5 Å². The topological polar surface area (TPSA) is 29.1 Å². The lowest BCUT2D eigenvalue weighted by atomic mass is 10.2. The Morgan fingerprint density at radius 2 is 1.71 bits per heavy atom. The van der Waals surface area contributed by atoms with Crippen LogP contribution in [0.15, 0.2) is 59.5 Å². The molecule has 2 rings (SSSR count). The second-order valence-electron chi connectivity index (χ2n) is 4.53. The zero-order valence-corrected chi connectivity index (χ0v) is 13.8. The molecule has 1 amide bonds. The highest BCUT2D eigenvalue weighted by molar-refractivity contribution is 8.00. The normalized spacial score (nSPS) is 13.5. The minimum absolute atomic E-state index is 0.117. The molecule has 0 unspecified atom stereocenters. The maximum Gasteiger partial charge on any atom is 0.239 e. The van der Waals surface area contributed by atoms with Gasteiger partial charge in [-0.2, -0.15) is 0 Å². The third-order valence-electron chi connectivity index (χ3n) is 2.79. The van der Waals surface area contributed by atoms with Gasteiger partial charge in [-0.25, -0.2) is 0 Å². The first-order valence-corrected chi connectivity index (χ1v) is 8.18. The van der Waals surface area contributed by atoms with E-state index < -0.39 is 0 Å². The van der Waals surface area contributed by atoms with E-state index in [1.807, 2.05) is 37.3 Å². The summed E-state index contributed by atoms with van der Waals surface area (Å²) >= 11 is 13.5. The molecular formula is C16H15Cl2NOS. The minimum Gasteiger partial charge on any atom is -0.325 e. The molecule has 0 aromatic heterocycles. The molecule has 2 nitrogen and oxygen atoms in total. The molecule has 1 N–H and O–H groups in total. The van der Waals surface area contributed by atoms with Crippen LogP contribution in [0.25, 0.3) is 0 Å². The lowest BCUT2D eigenvalue weighted by molar-refractivity contribution is -0.115. The molecule has 21 heavy (non-hydrogen) atoms. The number of carbonyl (C=O) groups is 1. The number of carbonyl (C=O) groups excluding carboxylic acids is 1. The van der Waals surface area contributed by atoms with Gasteiger partial charge in [0.05, 0.1) is 5.38 Å². The zero-order valence-electron chi connectivity index (χ0n) is 11.4. The number of halogens is 2. The van der Waals surface area contributed by atoms with Crippen molar-refractivity contribution in [3.05, 3.63) is 59.6 Å². The van der Waals surface area contributed by atoms with Crippen LogP contribution in [0.2, 0.25) is 5.02 Å². The summed E-state index contributed by atoms with van der Waals surface area (Å²) in [7, 11) is 0. The summed E-state index contributed by atoms with van der Waals surface area (Å²) in [5.74, 6) is -0.117. The smallest absolute Gasteiger partial charge is 0.239 e. The van der Waals surface area contributed by atoms with E-state index in [4.69, 9.17) is 23.2 Å². The van der Waals surface area contributed by atoms with Gasteiger partial charge in [0.1, 0.15) is 5.25 Å². The fraction of sp³-hybridized carbons (Fsp3) is 0.188. The van der Waals surface area contributed by atoms with Gasteiger partial charge >= 0.3 is 0 Å². The average molecular weight is 340 g/mol. The van der Waals surface area contributed by atoms with Crippen LogP contribution in [0, 0.1) is 0 Å². The van der Waals surface area contributed by atoms with E-state index in [1.165, 1.54) is 11.8 Å². The van der Waals surface area contributed by atoms with Gasteiger partial charge in [0.2, 0.25) is 5.91 Å². The molecule has 0 saturated carbocycles. The molecule has 2 aromatic rings. The Morgan fingerprint density at radius 3 is 2.29 bits per heavy atom. The SMILES string of the molecule is C[C@H](Cl)[C@H](Sc1ccccc1)C(=O)Nc1ccc(Cl)cc1. The van der Waals surface area contributed by atoms with Crippen LogP contribution < -0.4 is 5.32 Å². The summed E-state index contributed by atoms with van der Waals surface area (Å²) in [5.41, 5.74) is 0.709. The largest absolute Gasteiger partial charge is 0.325 e. The van der Waals surface area contributed by atoms with Gasteiger partial charge in [-0.3, -0.25) is 4.79 Å². The van der Waals surface area contributed by atoms with Crippen molar-refractivity contribution in [3.8, 4) is 0 Å². The van der Waals surface area contributed by atoms with Crippen molar-refractivity contribution >= 4 is 46.6 Å². The molecule has 0 saturated heterocycles. The molecule has 0 heterocycles. The lowest BCUT2D eigenvalue weighted by Crippen LogP contribution is -2.31. The number of amides is 1. The number of benzene rings is 2. The Kier molecular flexibility index (Phi) is 5.97. The van der Waals surface area contributed by atoms with E-state index in [9.17, 15) is 4.79 Å². The predicted octanol–water partition coefficient (Wildman–Crippen LogP) is 5.07. The fourth-order valence-electron chi connectivity index (χ4n) is 1.75. The number of alkyl halides is 1. The second-order valence-corrected chi connectivity index (χ2v) is 6.87. The van der Waals surface area contributed by atoms with E-state index in [0.29, 0.717) is 10.7 Å². The van der Waals surface area contributed by atoms with E-state index in [2.05, 4.69) is 5.32 Å². The van der Waals surface area contributed by atoms with Gasteiger partial charge in [0, 0.05) is 15.6 Å². The van der Waals surface area contributed by atoms with Gasteiger partial charge in [-0.05, 0) is 43.3 Å². The van der Waals surface area contributed by atoms with Crippen molar-refractivity contribution in [2.75, 3.05) is 5.32 Å². The summed E-state index contributed by atoms with van der Waals surface area (Å²) < 4.78 is 0. The number of hydrogen-bond acceptors (Lipinski definition) is 2. The summed E-state index contributed by atoms with van der Waals surface area (Å²) in [4.78, 5) is 13.4. The highest BCUT2D eigenvalue weighted by atomic mass is 35.5. The number of nitrogens with one attached hydrogen (secondary N) is 1. The van der Waals surface area contributed by atoms with Crippen LogP contribution >= 0.6 is 35.0 Å². The molecule has 5 heteroatoms. The standard InChI is InChI=1S/C16H15Cl2NOS/c1-11(17)15(21-14-5-3-2-4-6-14)16(20)19-13-9-7-12(18)8-10-13/h2-11,15H,1H3,(H,19,20)/t11-,15-/m0/s1. The Hall–Kier alpha value is -1.16. The number of anilines is 1. The molecule has 0 fully saturated rings. The Morgan fingerprint density at radius 1 is 1.10 bits per heavy atom. The average Bonchev–Trinajstić information content (AvgIpc) is 2.48. The lowest BCUT2D eigenvalue weighted by Gasteiger charge is -2.18. The van der Waals surface area contributed by atoms with Crippen molar-refractivity contribution in [2.24, 2.45) is 0 Å². The summed E-state index contributed by atoms with van der Waals surface area (Å²) in [6.07, 6.45) is 0. The highest BCUT2D eigenvalue weighted by Gasteiger charge is 2.25. The predicted molar refractivity (Wildman–Crippen MR) is 91.5 cm³/mol. The molecular weight excluding hydrogens is 325 g/mol. The van der Waals surface area contributed by atoms with Gasteiger partial charge in [0.25, 0.3) is 0 Å². The van der Waals surface area contributed by atoms with E-state index in [1.54, 1.807) is 24.3 Å². The minimum atomic E-state index is -0.371. The Labute approximate surface area is 138 Å². The van der Waals surface area contributed by atoms with Crippen LogP contribution in [0.1, 0.15) is 6.92 Å². The first-order valence-electron chi connectivity index (χ1n) is 6.48. The van der Waals surface area contributed by atoms with Crippen molar-refractivity contribution in [1.82, 2.24) is 0 Å². The fourth-order valence-corrected chi connectivity index (χ4v) is 3.10. The van der Waals surface area contributed by atoms with Crippen molar-refractivity contribution < 1.29 is 4.79 Å². The van der Waals surface area contributed by atoms with E-state index in [-0.39, 0.29) is 16.5 Å². The first-order chi connectivity index (χ1) is 10.1. The van der Waals surface area contributed by atoms with Crippen molar-refractivity contribution in [2.45, 2.75) is 22.4 Å². The number of thioether (sulfide) groups is 1. The molecule has 110 valence electrons. The van der Waals surface area contributed by atoms with Crippen LogP contribution in [0.3, 0.4) is 0 Å². The summed E-state index contributed by atoms with van der Waals surface area (Å²) in [6.45, 7) is 1.82. The quantitative estimate of drug-likeness (QED) is 0.608. The molecule has 0 spiro atoms. The van der Waals surface area contributed by atoms with Crippen LogP contribution in [0.5, 0.6) is 0 Å². The highest BCUT2D eigenvalue weighted by Crippen LogP contribution is 2.28. The molecule has 2 atom stereocenters. The van der Waals surface area contributed by atoms with Crippen LogP contribution in [-0.2, 0) is 4.79 Å². The van der Waals surface area contributed by atoms with Crippen molar-refractivity contribution in [3.63, 3.8) is 0 Å². The maximum atomic E-state index is 12.4. The van der Waals surface area contributed by atoms with E-state index in [0.717, 1.165) is 4.90 Å². The van der Waals surface area contributed by atoms with E-state index >= 15 is 0 Å². The van der Waals surface area contributed by atoms with Crippen molar-refractivity contribution in [1.29, 1.82) is 0 Å². The molecule has 0 radical (unpaired) electrons. The zero-order chi connectivity index (χ0) is 15.2. The van der Waals surface area contributed by atoms with Gasteiger partial charge < -0.3 is 5.32 Å². The second kappa shape index (κ2) is 7.74. The summed E-state index contributed by atoms with van der Waals surface area (Å²) in [5, 5.41) is 2.84. The number of hydrogen-bond donors (Lipinski definition) is 1. The molecule has 2 aromatic carbocycles. The Balaban J connectivity index is 2.07. The first kappa shape index (κ1) is 16.2. The molecule has 0 bridgehead atoms. The van der Waals surface area contributed by atoms with Gasteiger partial charge in [0.15, 0.2) is 0 Å². The monoisotopic (exact) mass is 339 g/mol. The third kappa shape index (κ3) is 4.95. The third-order valence-corrected chi connectivity index (χ3v) is 4.87. The van der Waals surface area contributed by atoms with Gasteiger partial charge in [-0.15, -0.1) is 23.4 Å².